The van der Waals surface area contributed by atoms with Crippen LogP contribution in [0.15, 0.2) is 24.3 Å². The van der Waals surface area contributed by atoms with E-state index in [1.165, 1.54) is 4.90 Å². The first kappa shape index (κ1) is 16.4. The number of rotatable bonds is 4. The van der Waals surface area contributed by atoms with Crippen LogP contribution in [0.1, 0.15) is 29.8 Å². The molecule has 1 amide bonds. The Kier molecular flexibility index (Phi) is 4.04. The van der Waals surface area contributed by atoms with Crippen LogP contribution in [0.5, 0.6) is 0 Å². The number of hydrogen-bond donors (Lipinski definition) is 1. The van der Waals surface area contributed by atoms with Gasteiger partial charge in [0.2, 0.25) is 0 Å². The minimum atomic E-state index is -1.89. The Bertz CT molecular complexity index is 702. The molecule has 7 heteroatoms. The number of aliphatic hydroxyl groups is 1. The van der Waals surface area contributed by atoms with E-state index in [1.54, 1.807) is 38.1 Å². The van der Waals surface area contributed by atoms with Gasteiger partial charge in [-0.3, -0.25) is 14.4 Å². The van der Waals surface area contributed by atoms with Crippen molar-refractivity contribution < 1.29 is 29.0 Å². The molecule has 2 aliphatic heterocycles. The fraction of sp³-hybridized carbons (Fsp3) is 0.471. The van der Waals surface area contributed by atoms with Crippen LogP contribution < -0.4 is 0 Å². The van der Waals surface area contributed by atoms with Crippen LogP contribution in [0, 0.1) is 11.8 Å². The van der Waals surface area contributed by atoms with Crippen molar-refractivity contribution in [3.63, 3.8) is 0 Å². The van der Waals surface area contributed by atoms with Gasteiger partial charge >= 0.3 is 11.9 Å². The number of carbonyl (C=O) groups is 3. The quantitative estimate of drug-likeness (QED) is 0.814. The van der Waals surface area contributed by atoms with Gasteiger partial charge in [-0.25, -0.2) is 0 Å². The summed E-state index contributed by atoms with van der Waals surface area (Å²) in [6.45, 7) is 3.46. The van der Waals surface area contributed by atoms with Crippen molar-refractivity contribution in [2.75, 3.05) is 19.8 Å². The predicted octanol–water partition coefficient (Wildman–Crippen LogP) is 0.660. The number of ether oxygens (including phenoxy) is 2. The van der Waals surface area contributed by atoms with E-state index in [9.17, 15) is 19.5 Å². The standard InChI is InChI=1S/C17H19NO6/c1-3-23-15(20)11-9-18-14(19)10-7-5-6-8-12(10)17(18,22)13(11)16(21)24-4-2/h5-8,11,13,22H,3-4,9H2,1-2H3/t11-,13-,17+/m1/s1. The summed E-state index contributed by atoms with van der Waals surface area (Å²) in [7, 11) is 0. The molecule has 0 spiro atoms. The minimum absolute atomic E-state index is 0.0909. The molecule has 0 aliphatic carbocycles. The molecule has 7 nitrogen and oxygen atoms in total. The summed E-state index contributed by atoms with van der Waals surface area (Å²) in [6.07, 6.45) is 0. The molecule has 24 heavy (non-hydrogen) atoms. The van der Waals surface area contributed by atoms with Crippen molar-refractivity contribution in [3.8, 4) is 0 Å². The molecule has 1 aromatic rings. The van der Waals surface area contributed by atoms with Crippen molar-refractivity contribution in [3.05, 3.63) is 35.4 Å². The second-order valence-corrected chi connectivity index (χ2v) is 5.78. The van der Waals surface area contributed by atoms with Gasteiger partial charge in [-0.05, 0) is 19.9 Å². The first-order valence-electron chi connectivity index (χ1n) is 7.93. The lowest BCUT2D eigenvalue weighted by Crippen LogP contribution is -2.46. The van der Waals surface area contributed by atoms with Crippen LogP contribution in [-0.2, 0) is 24.8 Å². The van der Waals surface area contributed by atoms with Gasteiger partial charge in [0.1, 0.15) is 5.92 Å². The van der Waals surface area contributed by atoms with Crippen LogP contribution in [0.4, 0.5) is 0 Å². The van der Waals surface area contributed by atoms with Gasteiger partial charge in [0.25, 0.3) is 5.91 Å². The molecule has 0 bridgehead atoms. The largest absolute Gasteiger partial charge is 0.466 e. The molecule has 128 valence electrons. The van der Waals surface area contributed by atoms with Crippen LogP contribution in [0.3, 0.4) is 0 Å². The number of nitrogens with zero attached hydrogens (tertiary/aromatic N) is 1. The monoisotopic (exact) mass is 333 g/mol. The predicted molar refractivity (Wildman–Crippen MR) is 81.6 cm³/mol. The second-order valence-electron chi connectivity index (χ2n) is 5.78. The fourth-order valence-electron chi connectivity index (χ4n) is 3.60. The second kappa shape index (κ2) is 5.90. The molecule has 2 aliphatic rings. The van der Waals surface area contributed by atoms with Crippen LogP contribution in [0.2, 0.25) is 0 Å². The Balaban J connectivity index is 2.10. The summed E-state index contributed by atoms with van der Waals surface area (Å²) in [6, 6.07) is 6.54. The molecule has 1 fully saturated rings. The van der Waals surface area contributed by atoms with Gasteiger partial charge < -0.3 is 19.5 Å². The minimum Gasteiger partial charge on any atom is -0.466 e. The van der Waals surface area contributed by atoms with Crippen LogP contribution in [0.25, 0.3) is 0 Å². The average molecular weight is 333 g/mol. The molecule has 0 saturated carbocycles. The zero-order chi connectivity index (χ0) is 17.5. The van der Waals surface area contributed by atoms with E-state index in [-0.39, 0.29) is 19.8 Å². The number of esters is 2. The lowest BCUT2D eigenvalue weighted by atomic mass is 9.83. The highest BCUT2D eigenvalue weighted by Crippen LogP contribution is 2.51. The van der Waals surface area contributed by atoms with E-state index < -0.39 is 35.4 Å². The number of hydrogen-bond acceptors (Lipinski definition) is 6. The van der Waals surface area contributed by atoms with E-state index in [1.807, 2.05) is 0 Å². The fourth-order valence-corrected chi connectivity index (χ4v) is 3.60. The van der Waals surface area contributed by atoms with E-state index in [2.05, 4.69) is 0 Å². The number of amides is 1. The molecule has 1 saturated heterocycles. The smallest absolute Gasteiger partial charge is 0.315 e. The first-order valence-corrected chi connectivity index (χ1v) is 7.93. The maximum Gasteiger partial charge on any atom is 0.315 e. The molecule has 1 aromatic carbocycles. The number of benzene rings is 1. The third-order valence-electron chi connectivity index (χ3n) is 4.56. The topological polar surface area (TPSA) is 93.1 Å². The molecule has 0 aromatic heterocycles. The highest BCUT2D eigenvalue weighted by atomic mass is 16.5. The molecule has 1 N–H and O–H groups in total. The molecule has 0 radical (unpaired) electrons. The third-order valence-corrected chi connectivity index (χ3v) is 4.56. The van der Waals surface area contributed by atoms with Crippen LogP contribution in [-0.4, -0.2) is 47.6 Å². The number of carbonyl (C=O) groups excluding carboxylic acids is 3. The summed E-state index contributed by atoms with van der Waals surface area (Å²) >= 11 is 0. The Morgan fingerprint density at radius 1 is 1.21 bits per heavy atom. The Morgan fingerprint density at radius 3 is 2.50 bits per heavy atom. The average Bonchev–Trinajstić information content (AvgIpc) is 2.98. The van der Waals surface area contributed by atoms with Crippen LogP contribution >= 0.6 is 0 Å². The highest BCUT2D eigenvalue weighted by molar-refractivity contribution is 6.02. The van der Waals surface area contributed by atoms with Gasteiger partial charge in [0.05, 0.1) is 19.1 Å². The Hall–Kier alpha value is -2.41. The van der Waals surface area contributed by atoms with Gasteiger partial charge in [-0.1, -0.05) is 18.2 Å². The Labute approximate surface area is 139 Å². The van der Waals surface area contributed by atoms with E-state index in [0.717, 1.165) is 0 Å². The maximum absolute atomic E-state index is 12.6. The molecule has 0 unspecified atom stereocenters. The summed E-state index contributed by atoms with van der Waals surface area (Å²) in [5.74, 6) is -3.93. The van der Waals surface area contributed by atoms with Crippen molar-refractivity contribution in [1.29, 1.82) is 0 Å². The zero-order valence-electron chi connectivity index (χ0n) is 13.5. The maximum atomic E-state index is 12.6. The van der Waals surface area contributed by atoms with Gasteiger partial charge in [0.15, 0.2) is 5.72 Å². The van der Waals surface area contributed by atoms with Gasteiger partial charge in [-0.2, -0.15) is 0 Å². The van der Waals surface area contributed by atoms with Crippen molar-refractivity contribution in [2.45, 2.75) is 19.6 Å². The summed E-state index contributed by atoms with van der Waals surface area (Å²) in [4.78, 5) is 38.5. The normalized spacial score (nSPS) is 27.6. The van der Waals surface area contributed by atoms with E-state index in [0.29, 0.717) is 11.1 Å². The highest BCUT2D eigenvalue weighted by Gasteiger charge is 2.66. The molecular weight excluding hydrogens is 314 g/mol. The van der Waals surface area contributed by atoms with Crippen molar-refractivity contribution in [2.24, 2.45) is 11.8 Å². The lowest BCUT2D eigenvalue weighted by Gasteiger charge is -2.31. The Morgan fingerprint density at radius 2 is 1.83 bits per heavy atom. The molecular formula is C17H19NO6. The van der Waals surface area contributed by atoms with Crippen molar-refractivity contribution in [1.82, 2.24) is 4.90 Å². The summed E-state index contributed by atoms with van der Waals surface area (Å²) in [5, 5.41) is 11.3. The molecule has 2 heterocycles. The summed E-state index contributed by atoms with van der Waals surface area (Å²) < 4.78 is 10.1. The third kappa shape index (κ3) is 2.11. The van der Waals surface area contributed by atoms with E-state index in [4.69, 9.17) is 9.47 Å². The first-order chi connectivity index (χ1) is 11.5. The van der Waals surface area contributed by atoms with Gasteiger partial charge in [0, 0.05) is 17.7 Å². The van der Waals surface area contributed by atoms with E-state index >= 15 is 0 Å². The van der Waals surface area contributed by atoms with Crippen molar-refractivity contribution >= 4 is 17.8 Å². The summed E-state index contributed by atoms with van der Waals surface area (Å²) in [5.41, 5.74) is -1.24. The molecule has 3 atom stereocenters. The van der Waals surface area contributed by atoms with Gasteiger partial charge in [-0.15, -0.1) is 0 Å². The molecule has 3 rings (SSSR count). The lowest BCUT2D eigenvalue weighted by molar-refractivity contribution is -0.172. The zero-order valence-corrected chi connectivity index (χ0v) is 13.5. The SMILES string of the molecule is CCOC(=O)[C@@H]1CN2C(=O)c3ccccc3[C@]2(O)[C@H]1C(=O)OCC. The number of fused-ring (bicyclic) bond motifs is 3.